The van der Waals surface area contributed by atoms with E-state index in [1.807, 2.05) is 11.8 Å². The Morgan fingerprint density at radius 2 is 2.16 bits per heavy atom. The maximum absolute atomic E-state index is 4.69. The summed E-state index contributed by atoms with van der Waals surface area (Å²) >= 11 is 5.54. The lowest BCUT2D eigenvalue weighted by molar-refractivity contribution is 0.618. The molecular weight excluding hydrogens is 322 g/mol. The maximum atomic E-state index is 4.69. The summed E-state index contributed by atoms with van der Waals surface area (Å²) in [5.74, 6) is 2.08. The van der Waals surface area contributed by atoms with Crippen LogP contribution in [-0.4, -0.2) is 21.8 Å². The highest BCUT2D eigenvalue weighted by molar-refractivity contribution is 9.10. The number of benzene rings is 1. The zero-order valence-corrected chi connectivity index (χ0v) is 13.2. The van der Waals surface area contributed by atoms with Crippen molar-refractivity contribution in [2.75, 3.05) is 17.6 Å². The van der Waals surface area contributed by atoms with Gasteiger partial charge >= 0.3 is 0 Å². The molecule has 1 aromatic carbocycles. The first-order chi connectivity index (χ1) is 9.29. The summed E-state index contributed by atoms with van der Waals surface area (Å²) in [5.41, 5.74) is 2.19. The lowest BCUT2D eigenvalue weighted by atomic mass is 10.2. The number of aromatic nitrogens is 2. The van der Waals surface area contributed by atoms with Crippen molar-refractivity contribution in [2.45, 2.75) is 24.8 Å². The summed E-state index contributed by atoms with van der Waals surface area (Å²) in [5, 5.41) is 3.34. The van der Waals surface area contributed by atoms with Crippen LogP contribution < -0.4 is 5.32 Å². The number of halogens is 1. The van der Waals surface area contributed by atoms with Crippen LogP contribution in [0.15, 0.2) is 33.8 Å². The van der Waals surface area contributed by atoms with E-state index in [2.05, 4.69) is 57.0 Å². The highest BCUT2D eigenvalue weighted by Gasteiger charge is 2.18. The number of rotatable bonds is 3. The van der Waals surface area contributed by atoms with Crippen LogP contribution in [0, 0.1) is 0 Å². The molecule has 2 aromatic rings. The van der Waals surface area contributed by atoms with Crippen molar-refractivity contribution in [2.24, 2.45) is 0 Å². The molecule has 0 atom stereocenters. The second-order valence-corrected chi connectivity index (χ2v) is 6.55. The number of imidazole rings is 1. The monoisotopic (exact) mass is 337 g/mol. The van der Waals surface area contributed by atoms with E-state index < -0.39 is 0 Å². The standard InChI is InChI=1S/C14H16BrN3S/c1-2-19-11-6-4-10(5-7-11)12-13(15)18-9-3-8-16-14(18)17-12/h4-7H,2-3,8-9H2,1H3,(H,16,17). The second-order valence-electron chi connectivity index (χ2n) is 4.46. The third kappa shape index (κ3) is 2.54. The van der Waals surface area contributed by atoms with E-state index in [0.29, 0.717) is 0 Å². The van der Waals surface area contributed by atoms with E-state index in [1.54, 1.807) is 0 Å². The number of hydrogen-bond acceptors (Lipinski definition) is 3. The molecule has 0 spiro atoms. The van der Waals surface area contributed by atoms with Crippen molar-refractivity contribution < 1.29 is 0 Å². The fourth-order valence-corrected chi connectivity index (χ4v) is 3.59. The van der Waals surface area contributed by atoms with Crippen molar-refractivity contribution in [1.29, 1.82) is 0 Å². The van der Waals surface area contributed by atoms with Gasteiger partial charge in [-0.25, -0.2) is 4.98 Å². The number of hydrogen-bond donors (Lipinski definition) is 1. The quantitative estimate of drug-likeness (QED) is 0.849. The number of anilines is 1. The normalized spacial score (nSPS) is 14.0. The van der Waals surface area contributed by atoms with Crippen LogP contribution >= 0.6 is 27.7 Å². The van der Waals surface area contributed by atoms with E-state index in [9.17, 15) is 0 Å². The topological polar surface area (TPSA) is 29.9 Å². The molecule has 100 valence electrons. The van der Waals surface area contributed by atoms with Crippen molar-refractivity contribution in [1.82, 2.24) is 9.55 Å². The third-order valence-corrected chi connectivity index (χ3v) is 4.88. The van der Waals surface area contributed by atoms with Gasteiger partial charge in [-0.1, -0.05) is 19.1 Å². The molecule has 0 amide bonds. The molecule has 1 N–H and O–H groups in total. The van der Waals surface area contributed by atoms with E-state index in [-0.39, 0.29) is 0 Å². The minimum atomic E-state index is 0.972. The molecule has 3 nitrogen and oxygen atoms in total. The predicted octanol–water partition coefficient (Wildman–Crippen LogP) is 4.24. The van der Waals surface area contributed by atoms with Gasteiger partial charge in [-0.15, -0.1) is 11.8 Å². The molecule has 0 unspecified atom stereocenters. The number of nitrogens with one attached hydrogen (secondary N) is 1. The van der Waals surface area contributed by atoms with Gasteiger partial charge in [0, 0.05) is 23.5 Å². The van der Waals surface area contributed by atoms with Gasteiger partial charge in [-0.05, 0) is 40.2 Å². The molecule has 0 saturated heterocycles. The van der Waals surface area contributed by atoms with Crippen LogP contribution in [0.4, 0.5) is 5.95 Å². The highest BCUT2D eigenvalue weighted by Crippen LogP contribution is 2.33. The Balaban J connectivity index is 1.95. The van der Waals surface area contributed by atoms with Crippen LogP contribution in [0.5, 0.6) is 0 Å². The Morgan fingerprint density at radius 1 is 1.37 bits per heavy atom. The lowest BCUT2D eigenvalue weighted by Crippen LogP contribution is -2.17. The zero-order valence-electron chi connectivity index (χ0n) is 10.8. The average molecular weight is 338 g/mol. The molecule has 1 aliphatic heterocycles. The molecule has 0 bridgehead atoms. The Bertz CT molecular complexity index is 577. The first-order valence-corrected chi connectivity index (χ1v) is 8.30. The molecule has 1 aromatic heterocycles. The Labute approximate surface area is 125 Å². The largest absolute Gasteiger partial charge is 0.356 e. The van der Waals surface area contributed by atoms with Gasteiger partial charge < -0.3 is 9.88 Å². The van der Waals surface area contributed by atoms with Crippen molar-refractivity contribution >= 4 is 33.6 Å². The smallest absolute Gasteiger partial charge is 0.204 e. The molecule has 2 heterocycles. The second kappa shape index (κ2) is 5.59. The molecule has 19 heavy (non-hydrogen) atoms. The fourth-order valence-electron chi connectivity index (χ4n) is 2.27. The average Bonchev–Trinajstić information content (AvgIpc) is 2.78. The summed E-state index contributed by atoms with van der Waals surface area (Å²) in [6, 6.07) is 8.64. The Hall–Kier alpha value is -0.940. The summed E-state index contributed by atoms with van der Waals surface area (Å²) in [4.78, 5) is 6.00. The molecule has 0 radical (unpaired) electrons. The zero-order chi connectivity index (χ0) is 13.2. The summed E-state index contributed by atoms with van der Waals surface area (Å²) < 4.78 is 3.28. The van der Waals surface area contributed by atoms with Gasteiger partial charge in [-0.2, -0.15) is 0 Å². The molecule has 0 aliphatic carbocycles. The van der Waals surface area contributed by atoms with E-state index in [4.69, 9.17) is 4.98 Å². The minimum Gasteiger partial charge on any atom is -0.356 e. The molecule has 3 rings (SSSR count). The van der Waals surface area contributed by atoms with Crippen LogP contribution in [-0.2, 0) is 6.54 Å². The van der Waals surface area contributed by atoms with Crippen LogP contribution in [0.1, 0.15) is 13.3 Å². The Kier molecular flexibility index (Phi) is 3.84. The van der Waals surface area contributed by atoms with E-state index in [1.165, 1.54) is 4.90 Å². The predicted molar refractivity (Wildman–Crippen MR) is 84.9 cm³/mol. The summed E-state index contributed by atoms with van der Waals surface area (Å²) in [6.07, 6.45) is 1.15. The van der Waals surface area contributed by atoms with Crippen LogP contribution in [0.2, 0.25) is 0 Å². The SMILES string of the molecule is CCSc1ccc(-c2nc3n(c2Br)CCCN3)cc1. The fraction of sp³-hybridized carbons (Fsp3) is 0.357. The van der Waals surface area contributed by atoms with Crippen molar-refractivity contribution in [3.8, 4) is 11.3 Å². The molecule has 0 fully saturated rings. The Morgan fingerprint density at radius 3 is 2.84 bits per heavy atom. The third-order valence-electron chi connectivity index (χ3n) is 3.19. The van der Waals surface area contributed by atoms with Gasteiger partial charge in [-0.3, -0.25) is 0 Å². The number of nitrogens with zero attached hydrogens (tertiary/aromatic N) is 2. The molecule has 5 heteroatoms. The van der Waals surface area contributed by atoms with Gasteiger partial charge in [0.25, 0.3) is 0 Å². The first kappa shape index (κ1) is 13.1. The molecule has 0 saturated carbocycles. The number of fused-ring (bicyclic) bond motifs is 1. The summed E-state index contributed by atoms with van der Waals surface area (Å²) in [6.45, 7) is 4.21. The van der Waals surface area contributed by atoms with Gasteiger partial charge in [0.15, 0.2) is 0 Å². The van der Waals surface area contributed by atoms with E-state index >= 15 is 0 Å². The van der Waals surface area contributed by atoms with Gasteiger partial charge in [0.1, 0.15) is 10.3 Å². The van der Waals surface area contributed by atoms with Gasteiger partial charge in [0.2, 0.25) is 5.95 Å². The van der Waals surface area contributed by atoms with Gasteiger partial charge in [0.05, 0.1) is 0 Å². The molecular formula is C14H16BrN3S. The van der Waals surface area contributed by atoms with Crippen LogP contribution in [0.3, 0.4) is 0 Å². The molecule has 1 aliphatic rings. The summed E-state index contributed by atoms with van der Waals surface area (Å²) in [7, 11) is 0. The highest BCUT2D eigenvalue weighted by atomic mass is 79.9. The maximum Gasteiger partial charge on any atom is 0.204 e. The number of thioether (sulfide) groups is 1. The van der Waals surface area contributed by atoms with Crippen molar-refractivity contribution in [3.63, 3.8) is 0 Å². The van der Waals surface area contributed by atoms with E-state index in [0.717, 1.165) is 47.1 Å². The van der Waals surface area contributed by atoms with Crippen molar-refractivity contribution in [3.05, 3.63) is 28.9 Å². The first-order valence-electron chi connectivity index (χ1n) is 6.52. The lowest BCUT2D eigenvalue weighted by Gasteiger charge is -2.15. The minimum absolute atomic E-state index is 0.972. The van der Waals surface area contributed by atoms with Crippen LogP contribution in [0.25, 0.3) is 11.3 Å².